The molecule has 1 aliphatic heterocycles. The Balaban J connectivity index is 1.77. The lowest BCUT2D eigenvalue weighted by molar-refractivity contribution is -0.110. The Kier molecular flexibility index (Phi) is 11.7. The largest absolute Gasteiger partial charge is 0.462 e. The van der Waals surface area contributed by atoms with E-state index in [0.29, 0.717) is 17.1 Å². The number of aryl methyl sites for hydroxylation is 1. The van der Waals surface area contributed by atoms with E-state index in [0.717, 1.165) is 4.68 Å². The van der Waals surface area contributed by atoms with Gasteiger partial charge in [0.25, 0.3) is 5.91 Å². The van der Waals surface area contributed by atoms with Crippen LogP contribution in [0.4, 0.5) is 20.1 Å². The van der Waals surface area contributed by atoms with Crippen molar-refractivity contribution in [3.63, 3.8) is 0 Å². The fraction of sp³-hybridized carbons (Fsp3) is 0.500. The molecule has 4 heterocycles. The van der Waals surface area contributed by atoms with Gasteiger partial charge in [-0.15, -0.1) is 0 Å². The van der Waals surface area contributed by atoms with Crippen molar-refractivity contribution >= 4 is 47.5 Å². The Hall–Kier alpha value is -5.74. The Morgan fingerprint density at radius 3 is 2.26 bits per heavy atom. The van der Waals surface area contributed by atoms with Crippen molar-refractivity contribution in [2.24, 2.45) is 0 Å². The van der Waals surface area contributed by atoms with Gasteiger partial charge in [-0.1, -0.05) is 0 Å². The predicted molar refractivity (Wildman–Crippen MR) is 194 cm³/mol. The Bertz CT molecular complexity index is 1920. The number of nitrogens with one attached hydrogen (secondary N) is 3. The van der Waals surface area contributed by atoms with Gasteiger partial charge in [0.05, 0.1) is 53.1 Å². The average molecular weight is 737 g/mol. The van der Waals surface area contributed by atoms with Gasteiger partial charge in [0.2, 0.25) is 0 Å². The number of esters is 1. The summed E-state index contributed by atoms with van der Waals surface area (Å²) in [5.74, 6) is -0.965. The molecule has 0 radical (unpaired) electrons. The quantitative estimate of drug-likeness (QED) is 0.137. The lowest BCUT2D eigenvalue weighted by atomic mass is 10.1. The zero-order valence-corrected chi connectivity index (χ0v) is 32.0. The molecule has 3 N–H and O–H groups in total. The maximum absolute atomic E-state index is 13.5. The number of carbonyl (C=O) groups is 5. The fourth-order valence-electron chi connectivity index (χ4n) is 4.95. The van der Waals surface area contributed by atoms with Gasteiger partial charge >= 0.3 is 24.2 Å². The minimum absolute atomic E-state index is 0.000447. The van der Waals surface area contributed by atoms with Gasteiger partial charge in [-0.05, 0) is 88.3 Å². The Morgan fingerprint density at radius 1 is 0.981 bits per heavy atom. The second-order valence-electron chi connectivity index (χ2n) is 15.2. The molecule has 0 saturated carbocycles. The number of fused-ring (bicyclic) bond motifs is 1. The molecule has 0 bridgehead atoms. The van der Waals surface area contributed by atoms with Gasteiger partial charge in [0.1, 0.15) is 22.5 Å². The molecule has 17 heteroatoms. The van der Waals surface area contributed by atoms with Gasteiger partial charge in [-0.25, -0.2) is 29.1 Å². The minimum atomic E-state index is -0.858. The number of carbonyl (C=O) groups excluding carboxylic acids is 5. The highest BCUT2D eigenvalue weighted by Crippen LogP contribution is 2.34. The SMILES string of the molecule is CCOC(=O)c1cc(C)[nH]c1/C=C1\C(=O)Nc2cnc(-c3cn(C(=O)OC(C)(C)C)nc3CN(CCNC(=O)OC(C)(C)C)C(=O)OC(C)(C)C)nc21. The summed E-state index contributed by atoms with van der Waals surface area (Å²) in [6, 6.07) is 1.63. The molecule has 4 rings (SSSR count). The molecule has 17 nitrogen and oxygen atoms in total. The van der Waals surface area contributed by atoms with Crippen LogP contribution < -0.4 is 10.6 Å². The molecule has 3 aromatic rings. The van der Waals surface area contributed by atoms with Crippen LogP contribution in [-0.4, -0.2) is 96.3 Å². The summed E-state index contributed by atoms with van der Waals surface area (Å²) in [6.45, 7) is 18.9. The van der Waals surface area contributed by atoms with Gasteiger partial charge in [-0.3, -0.25) is 4.79 Å². The van der Waals surface area contributed by atoms with Crippen molar-refractivity contribution in [1.29, 1.82) is 0 Å². The molecule has 0 saturated heterocycles. The van der Waals surface area contributed by atoms with Crippen molar-refractivity contribution in [2.45, 2.75) is 99.5 Å². The summed E-state index contributed by atoms with van der Waals surface area (Å²) in [4.78, 5) is 78.5. The van der Waals surface area contributed by atoms with Gasteiger partial charge in [0, 0.05) is 25.0 Å². The predicted octanol–water partition coefficient (Wildman–Crippen LogP) is 5.69. The van der Waals surface area contributed by atoms with Crippen molar-refractivity contribution in [3.8, 4) is 11.4 Å². The van der Waals surface area contributed by atoms with E-state index in [1.807, 2.05) is 0 Å². The van der Waals surface area contributed by atoms with E-state index in [9.17, 15) is 24.0 Å². The van der Waals surface area contributed by atoms with Crippen LogP contribution in [0.5, 0.6) is 0 Å². The van der Waals surface area contributed by atoms with Crippen molar-refractivity contribution < 1.29 is 42.9 Å². The number of ether oxygens (including phenoxy) is 4. The summed E-state index contributed by atoms with van der Waals surface area (Å²) >= 11 is 0. The molecule has 0 aliphatic carbocycles. The molecule has 3 amide bonds. The van der Waals surface area contributed by atoms with Gasteiger partial charge in [-0.2, -0.15) is 9.78 Å². The van der Waals surface area contributed by atoms with Gasteiger partial charge in [0.15, 0.2) is 5.82 Å². The summed E-state index contributed by atoms with van der Waals surface area (Å²) in [6.07, 6.45) is 2.11. The molecule has 3 aromatic heterocycles. The molecule has 0 aromatic carbocycles. The number of nitrogens with zero attached hydrogens (tertiary/aromatic N) is 5. The first-order valence-corrected chi connectivity index (χ1v) is 17.1. The first kappa shape index (κ1) is 40.0. The van der Waals surface area contributed by atoms with Crippen LogP contribution in [0.15, 0.2) is 18.5 Å². The maximum Gasteiger partial charge on any atom is 0.435 e. The summed E-state index contributed by atoms with van der Waals surface area (Å²) in [5.41, 5.74) is -0.0527. The molecule has 0 spiro atoms. The molecule has 0 fully saturated rings. The standard InChI is InChI=1S/C36H48N8O9/c1-12-50-30(46)21-15-20(2)39-24(21)16-22-27-25(40-29(22)45)17-38-28(41-27)23-18-44(33(49)53-36(9,10)11)42-26(23)19-43(32(48)52-35(6,7)8)14-13-37-31(47)51-34(3,4)5/h15-18,39H,12-14,19H2,1-11H3,(H,37,47)(H,40,45)/b22-16-. The topological polar surface area (TPSA) is 209 Å². The van der Waals surface area contributed by atoms with E-state index < -0.39 is 47.0 Å². The second-order valence-corrected chi connectivity index (χ2v) is 15.2. The van der Waals surface area contributed by atoms with Crippen LogP contribution in [0.3, 0.4) is 0 Å². The van der Waals surface area contributed by atoms with E-state index in [4.69, 9.17) is 23.9 Å². The van der Waals surface area contributed by atoms with E-state index in [2.05, 4.69) is 25.7 Å². The zero-order chi connectivity index (χ0) is 39.5. The normalized spacial score (nSPS) is 13.6. The number of rotatable bonds is 9. The highest BCUT2D eigenvalue weighted by atomic mass is 16.6. The lowest BCUT2D eigenvalue weighted by Gasteiger charge is -2.27. The summed E-state index contributed by atoms with van der Waals surface area (Å²) < 4.78 is 22.7. The third kappa shape index (κ3) is 10.9. The fourth-order valence-corrected chi connectivity index (χ4v) is 4.95. The number of hydrogen-bond donors (Lipinski definition) is 3. The smallest absolute Gasteiger partial charge is 0.435 e. The number of aromatic amines is 1. The van der Waals surface area contributed by atoms with Crippen LogP contribution in [-0.2, 0) is 30.3 Å². The highest BCUT2D eigenvalue weighted by molar-refractivity contribution is 6.34. The van der Waals surface area contributed by atoms with Crippen LogP contribution in [0.1, 0.15) is 102 Å². The molecular formula is C36H48N8O9. The molecule has 0 atom stereocenters. The van der Waals surface area contributed by atoms with Crippen LogP contribution in [0, 0.1) is 6.92 Å². The number of alkyl carbamates (subject to hydrolysis) is 1. The minimum Gasteiger partial charge on any atom is -0.462 e. The molecular weight excluding hydrogens is 688 g/mol. The third-order valence-corrected chi connectivity index (χ3v) is 6.96. The van der Waals surface area contributed by atoms with E-state index in [-0.39, 0.29) is 60.2 Å². The monoisotopic (exact) mass is 736 g/mol. The highest BCUT2D eigenvalue weighted by Gasteiger charge is 2.31. The zero-order valence-electron chi connectivity index (χ0n) is 32.0. The number of H-pyrrole nitrogens is 1. The first-order chi connectivity index (χ1) is 24.5. The molecule has 1 aliphatic rings. The van der Waals surface area contributed by atoms with E-state index >= 15 is 0 Å². The van der Waals surface area contributed by atoms with Crippen LogP contribution in [0.2, 0.25) is 0 Å². The van der Waals surface area contributed by atoms with E-state index in [1.165, 1.54) is 23.4 Å². The van der Waals surface area contributed by atoms with Crippen molar-refractivity contribution in [2.75, 3.05) is 25.0 Å². The van der Waals surface area contributed by atoms with Crippen LogP contribution >= 0.6 is 0 Å². The first-order valence-electron chi connectivity index (χ1n) is 17.1. The van der Waals surface area contributed by atoms with Gasteiger partial charge < -0.3 is 39.5 Å². The Morgan fingerprint density at radius 2 is 1.64 bits per heavy atom. The number of amides is 3. The Labute approximate surface area is 307 Å². The molecule has 286 valence electrons. The summed E-state index contributed by atoms with van der Waals surface area (Å²) in [7, 11) is 0. The third-order valence-electron chi connectivity index (χ3n) is 6.96. The van der Waals surface area contributed by atoms with Crippen LogP contribution in [0.25, 0.3) is 23.0 Å². The number of hydrogen-bond acceptors (Lipinski definition) is 12. The number of aromatic nitrogens is 5. The van der Waals surface area contributed by atoms with Crippen molar-refractivity contribution in [3.05, 3.63) is 46.8 Å². The van der Waals surface area contributed by atoms with E-state index in [1.54, 1.807) is 82.2 Å². The molecule has 0 unspecified atom stereocenters. The second kappa shape index (κ2) is 15.5. The maximum atomic E-state index is 13.5. The lowest BCUT2D eigenvalue weighted by Crippen LogP contribution is -2.42. The average Bonchev–Trinajstić information content (AvgIpc) is 3.69. The van der Waals surface area contributed by atoms with Crippen molar-refractivity contribution in [1.82, 2.24) is 34.9 Å². The molecule has 53 heavy (non-hydrogen) atoms. The summed E-state index contributed by atoms with van der Waals surface area (Å²) in [5, 5.41) is 9.84. The number of anilines is 1.